The van der Waals surface area contributed by atoms with E-state index in [2.05, 4.69) is 5.16 Å². The number of aromatic nitrogens is 1. The highest BCUT2D eigenvalue weighted by Gasteiger charge is 2.08. The van der Waals surface area contributed by atoms with Crippen molar-refractivity contribution in [1.29, 1.82) is 0 Å². The molecule has 1 aromatic heterocycles. The van der Waals surface area contributed by atoms with Gasteiger partial charge < -0.3 is 14.4 Å². The summed E-state index contributed by atoms with van der Waals surface area (Å²) in [7, 11) is 0. The van der Waals surface area contributed by atoms with Crippen molar-refractivity contribution in [1.82, 2.24) is 5.16 Å². The van der Waals surface area contributed by atoms with Crippen molar-refractivity contribution in [2.45, 2.75) is 19.6 Å². The molecule has 2 rings (SSSR count). The van der Waals surface area contributed by atoms with Crippen LogP contribution in [-0.4, -0.2) is 10.3 Å². The van der Waals surface area contributed by atoms with Gasteiger partial charge in [-0.2, -0.15) is 0 Å². The lowest BCUT2D eigenvalue weighted by molar-refractivity contribution is 0.190. The van der Waals surface area contributed by atoms with Crippen LogP contribution in [-0.2, 0) is 6.61 Å². The number of hydrogen-bond donors (Lipinski definition) is 1. The van der Waals surface area contributed by atoms with Gasteiger partial charge in [0.05, 0.1) is 12.3 Å². The summed E-state index contributed by atoms with van der Waals surface area (Å²) in [6, 6.07) is 7.41. The van der Waals surface area contributed by atoms with E-state index in [0.29, 0.717) is 12.4 Å². The van der Waals surface area contributed by atoms with Crippen molar-refractivity contribution in [2.75, 3.05) is 0 Å². The van der Waals surface area contributed by atoms with Gasteiger partial charge in [0, 0.05) is 11.1 Å². The van der Waals surface area contributed by atoms with Crippen LogP contribution < -0.4 is 4.74 Å². The van der Waals surface area contributed by atoms with Crippen LogP contribution in [0.25, 0.3) is 0 Å². The summed E-state index contributed by atoms with van der Waals surface area (Å²) >= 11 is 0. The normalized spacial score (nSPS) is 12.4. The largest absolute Gasteiger partial charge is 0.488 e. The molecule has 0 unspecified atom stereocenters. The number of rotatable bonds is 4. The predicted molar refractivity (Wildman–Crippen MR) is 57.9 cm³/mol. The molecule has 0 radical (unpaired) electrons. The number of aliphatic hydroxyl groups is 1. The van der Waals surface area contributed by atoms with Gasteiger partial charge in [-0.05, 0) is 13.0 Å². The fraction of sp³-hybridized carbons (Fsp3) is 0.250. The van der Waals surface area contributed by atoms with E-state index >= 15 is 0 Å². The van der Waals surface area contributed by atoms with E-state index in [1.807, 2.05) is 24.3 Å². The lowest BCUT2D eigenvalue weighted by atomic mass is 10.1. The van der Waals surface area contributed by atoms with Crippen LogP contribution in [0.4, 0.5) is 0 Å². The minimum Gasteiger partial charge on any atom is -0.488 e. The Kier molecular flexibility index (Phi) is 3.22. The number of nitrogens with zero attached hydrogens (tertiary/aromatic N) is 1. The molecule has 1 aromatic carbocycles. The quantitative estimate of drug-likeness (QED) is 0.857. The third-order valence-corrected chi connectivity index (χ3v) is 2.25. The molecule has 1 N–H and O–H groups in total. The van der Waals surface area contributed by atoms with Crippen molar-refractivity contribution in [3.05, 3.63) is 47.9 Å². The monoisotopic (exact) mass is 219 g/mol. The maximum atomic E-state index is 9.55. The molecule has 0 aliphatic rings. The summed E-state index contributed by atoms with van der Waals surface area (Å²) in [5.74, 6) is 0.679. The Bertz CT molecular complexity index is 437. The Balaban J connectivity index is 2.09. The first-order chi connectivity index (χ1) is 7.77. The van der Waals surface area contributed by atoms with Crippen LogP contribution >= 0.6 is 0 Å². The molecule has 0 saturated carbocycles. The molecule has 0 aliphatic heterocycles. The van der Waals surface area contributed by atoms with Gasteiger partial charge in [0.25, 0.3) is 0 Å². The molecule has 0 aliphatic carbocycles. The highest BCUT2D eigenvalue weighted by Crippen LogP contribution is 2.25. The Labute approximate surface area is 93.5 Å². The zero-order valence-corrected chi connectivity index (χ0v) is 8.96. The van der Waals surface area contributed by atoms with Gasteiger partial charge in [0.2, 0.25) is 0 Å². The van der Waals surface area contributed by atoms with Crippen molar-refractivity contribution >= 4 is 0 Å². The molecular formula is C12H13NO3. The maximum absolute atomic E-state index is 9.55. The zero-order valence-electron chi connectivity index (χ0n) is 8.96. The molecule has 1 heterocycles. The predicted octanol–water partition coefficient (Wildman–Crippen LogP) is 2.31. The van der Waals surface area contributed by atoms with Crippen LogP contribution in [0.1, 0.15) is 24.2 Å². The molecule has 0 amide bonds. The molecule has 0 fully saturated rings. The highest BCUT2D eigenvalue weighted by atomic mass is 16.5. The van der Waals surface area contributed by atoms with Crippen LogP contribution in [0.5, 0.6) is 5.75 Å². The molecule has 84 valence electrons. The molecule has 0 saturated heterocycles. The van der Waals surface area contributed by atoms with E-state index in [1.54, 1.807) is 13.1 Å². The Hall–Kier alpha value is -1.81. The second-order valence-corrected chi connectivity index (χ2v) is 3.54. The third kappa shape index (κ3) is 2.41. The van der Waals surface area contributed by atoms with Crippen LogP contribution in [0.2, 0.25) is 0 Å². The molecule has 1 atom stereocenters. The second kappa shape index (κ2) is 4.81. The molecule has 16 heavy (non-hydrogen) atoms. The Morgan fingerprint density at radius 2 is 2.25 bits per heavy atom. The summed E-state index contributed by atoms with van der Waals surface area (Å²) in [6.45, 7) is 2.09. The van der Waals surface area contributed by atoms with E-state index in [9.17, 15) is 5.11 Å². The molecular weight excluding hydrogens is 206 g/mol. The number of hydrogen-bond acceptors (Lipinski definition) is 4. The number of benzene rings is 1. The average molecular weight is 219 g/mol. The smallest absolute Gasteiger partial charge is 0.130 e. The molecule has 2 aromatic rings. The minimum absolute atomic E-state index is 0.382. The minimum atomic E-state index is -0.543. The summed E-state index contributed by atoms with van der Waals surface area (Å²) < 4.78 is 10.3. The summed E-state index contributed by atoms with van der Waals surface area (Å²) in [5.41, 5.74) is 1.64. The lowest BCUT2D eigenvalue weighted by Gasteiger charge is -2.12. The average Bonchev–Trinajstić information content (AvgIpc) is 2.79. The van der Waals surface area contributed by atoms with Gasteiger partial charge in [-0.1, -0.05) is 23.4 Å². The van der Waals surface area contributed by atoms with Crippen molar-refractivity contribution < 1.29 is 14.4 Å². The first-order valence-electron chi connectivity index (χ1n) is 5.05. The van der Waals surface area contributed by atoms with Crippen molar-refractivity contribution in [2.24, 2.45) is 0 Å². The van der Waals surface area contributed by atoms with Gasteiger partial charge >= 0.3 is 0 Å². The van der Waals surface area contributed by atoms with Crippen LogP contribution in [0, 0.1) is 0 Å². The Morgan fingerprint density at radius 1 is 1.44 bits per heavy atom. The fourth-order valence-corrected chi connectivity index (χ4v) is 1.42. The number of ether oxygens (including phenoxy) is 1. The van der Waals surface area contributed by atoms with Gasteiger partial charge in [0.15, 0.2) is 0 Å². The topological polar surface area (TPSA) is 55.5 Å². The fourth-order valence-electron chi connectivity index (χ4n) is 1.42. The van der Waals surface area contributed by atoms with Crippen molar-refractivity contribution in [3.8, 4) is 5.75 Å². The molecule has 0 spiro atoms. The van der Waals surface area contributed by atoms with Crippen LogP contribution in [0.15, 0.2) is 41.2 Å². The lowest BCUT2D eigenvalue weighted by Crippen LogP contribution is -1.99. The number of aliphatic hydroxyl groups excluding tert-OH is 1. The van der Waals surface area contributed by atoms with E-state index in [4.69, 9.17) is 9.26 Å². The summed E-state index contributed by atoms with van der Waals surface area (Å²) in [4.78, 5) is 0. The first-order valence-corrected chi connectivity index (χ1v) is 5.05. The van der Waals surface area contributed by atoms with E-state index in [1.165, 1.54) is 6.26 Å². The Morgan fingerprint density at radius 3 is 2.94 bits per heavy atom. The number of para-hydroxylation sites is 1. The third-order valence-electron chi connectivity index (χ3n) is 2.25. The van der Waals surface area contributed by atoms with E-state index in [0.717, 1.165) is 11.1 Å². The molecule has 4 nitrogen and oxygen atoms in total. The zero-order chi connectivity index (χ0) is 11.4. The van der Waals surface area contributed by atoms with Gasteiger partial charge in [-0.25, -0.2) is 0 Å². The maximum Gasteiger partial charge on any atom is 0.130 e. The summed E-state index contributed by atoms with van der Waals surface area (Å²) in [6.07, 6.45) is 2.59. The second-order valence-electron chi connectivity index (χ2n) is 3.54. The van der Waals surface area contributed by atoms with Gasteiger partial charge in [-0.3, -0.25) is 0 Å². The first kappa shape index (κ1) is 10.7. The molecule has 0 bridgehead atoms. The van der Waals surface area contributed by atoms with Crippen LogP contribution in [0.3, 0.4) is 0 Å². The standard InChI is InChI=1S/C12H13NO3/c1-9(14)11-4-2-3-5-12(11)15-7-10-6-13-16-8-10/h2-6,8-9,14H,7H2,1H3/t9-/m1/s1. The highest BCUT2D eigenvalue weighted by molar-refractivity contribution is 5.34. The summed E-state index contributed by atoms with van der Waals surface area (Å²) in [5, 5.41) is 13.1. The van der Waals surface area contributed by atoms with Crippen molar-refractivity contribution in [3.63, 3.8) is 0 Å². The van der Waals surface area contributed by atoms with E-state index in [-0.39, 0.29) is 0 Å². The van der Waals surface area contributed by atoms with Gasteiger partial charge in [0.1, 0.15) is 18.6 Å². The van der Waals surface area contributed by atoms with Gasteiger partial charge in [-0.15, -0.1) is 0 Å². The van der Waals surface area contributed by atoms with E-state index < -0.39 is 6.10 Å². The molecule has 4 heteroatoms. The SMILES string of the molecule is C[C@@H](O)c1ccccc1OCc1cnoc1.